The normalized spacial score (nSPS) is 11.2. The number of hydrogen-bond donors (Lipinski definition) is 0. The lowest BCUT2D eigenvalue weighted by molar-refractivity contribution is 1.23. The van der Waals surface area contributed by atoms with E-state index in [2.05, 4.69) is 212 Å². The molecular weight excluding hydrogens is 677 g/mol. The lowest BCUT2D eigenvalue weighted by Gasteiger charge is -2.13. The van der Waals surface area contributed by atoms with Crippen molar-refractivity contribution >= 4 is 21.7 Å². The highest BCUT2D eigenvalue weighted by Crippen LogP contribution is 2.36. The molecule has 262 valence electrons. The van der Waals surface area contributed by atoms with Crippen molar-refractivity contribution in [3.8, 4) is 78.3 Å². The molecule has 2 heteroatoms. The van der Waals surface area contributed by atoms with Gasteiger partial charge in [0, 0.05) is 21.9 Å². The van der Waals surface area contributed by atoms with Gasteiger partial charge in [0.15, 0.2) is 5.82 Å². The molecule has 0 aliphatic rings. The summed E-state index contributed by atoms with van der Waals surface area (Å²) < 4.78 is 0. The van der Waals surface area contributed by atoms with Crippen LogP contribution in [-0.4, -0.2) is 9.97 Å². The van der Waals surface area contributed by atoms with E-state index in [1.54, 1.807) is 0 Å². The van der Waals surface area contributed by atoms with E-state index >= 15 is 0 Å². The average Bonchev–Trinajstić information content (AvgIpc) is 3.29. The first-order valence-electron chi connectivity index (χ1n) is 19.1. The molecule has 0 aliphatic carbocycles. The SMILES string of the molecule is c1ccc(-c2ccc(-c3nc(-c4ccc(-c5cccc(-c6cccc(-c7cccc(-c8ccccc8)c7)c6)c5)cc4)c4ccc5ccccc5c4n3)cc2)cc1. The first-order valence-corrected chi connectivity index (χ1v) is 19.1. The number of benzene rings is 9. The Bertz CT molecular complexity index is 2990. The number of rotatable bonds is 7. The summed E-state index contributed by atoms with van der Waals surface area (Å²) in [5.41, 5.74) is 15.8. The third-order valence-electron chi connectivity index (χ3n) is 10.7. The van der Waals surface area contributed by atoms with E-state index in [-0.39, 0.29) is 0 Å². The van der Waals surface area contributed by atoms with Gasteiger partial charge in [0.1, 0.15) is 0 Å². The molecule has 0 amide bonds. The van der Waals surface area contributed by atoms with Crippen LogP contribution in [-0.2, 0) is 0 Å². The summed E-state index contributed by atoms with van der Waals surface area (Å²) in [6.45, 7) is 0. The van der Waals surface area contributed by atoms with E-state index in [9.17, 15) is 0 Å². The molecule has 1 aromatic heterocycles. The van der Waals surface area contributed by atoms with Crippen LogP contribution in [0.2, 0.25) is 0 Å². The van der Waals surface area contributed by atoms with Gasteiger partial charge in [0.25, 0.3) is 0 Å². The van der Waals surface area contributed by atoms with Gasteiger partial charge < -0.3 is 0 Å². The summed E-state index contributed by atoms with van der Waals surface area (Å²) in [4.78, 5) is 10.4. The summed E-state index contributed by atoms with van der Waals surface area (Å²) in [5.74, 6) is 0.717. The standard InChI is InChI=1S/C54H36N2/c1-3-12-37(13-4-1)39-26-30-43(31-27-39)54-55-52(51-33-32-41-16-7-8-23-50(41)53(51)56-54)42-28-24-40(25-29-42)45-18-10-20-47(35-45)49-22-11-21-48(36-49)46-19-9-17-44(34-46)38-14-5-2-6-15-38/h1-36H. The molecule has 56 heavy (non-hydrogen) atoms. The minimum atomic E-state index is 0.717. The van der Waals surface area contributed by atoms with Crippen molar-refractivity contribution in [2.75, 3.05) is 0 Å². The van der Waals surface area contributed by atoms with E-state index in [0.29, 0.717) is 5.82 Å². The first-order chi connectivity index (χ1) is 27.7. The molecule has 10 aromatic rings. The van der Waals surface area contributed by atoms with Gasteiger partial charge in [-0.05, 0) is 85.3 Å². The molecule has 0 saturated carbocycles. The Hall–Kier alpha value is -7.42. The Morgan fingerprint density at radius 1 is 0.232 bits per heavy atom. The summed E-state index contributed by atoms with van der Waals surface area (Å²) in [6, 6.07) is 77.7. The van der Waals surface area contributed by atoms with Gasteiger partial charge in [-0.1, -0.05) is 194 Å². The van der Waals surface area contributed by atoms with E-state index in [1.165, 1.54) is 50.1 Å². The second-order valence-electron chi connectivity index (χ2n) is 14.2. The molecule has 2 nitrogen and oxygen atoms in total. The fourth-order valence-corrected chi connectivity index (χ4v) is 7.74. The van der Waals surface area contributed by atoms with Crippen LogP contribution in [0, 0.1) is 0 Å². The van der Waals surface area contributed by atoms with Gasteiger partial charge in [0.05, 0.1) is 11.2 Å². The van der Waals surface area contributed by atoms with Crippen molar-refractivity contribution in [3.05, 3.63) is 218 Å². The second kappa shape index (κ2) is 14.4. The maximum atomic E-state index is 5.25. The monoisotopic (exact) mass is 712 g/mol. The number of fused-ring (bicyclic) bond motifs is 3. The number of aromatic nitrogens is 2. The molecule has 0 aliphatic heterocycles. The molecule has 0 saturated heterocycles. The van der Waals surface area contributed by atoms with Crippen molar-refractivity contribution in [2.45, 2.75) is 0 Å². The number of nitrogens with zero attached hydrogens (tertiary/aromatic N) is 2. The number of hydrogen-bond acceptors (Lipinski definition) is 2. The van der Waals surface area contributed by atoms with Crippen LogP contribution >= 0.6 is 0 Å². The van der Waals surface area contributed by atoms with Crippen LogP contribution in [0.25, 0.3) is 100.0 Å². The summed E-state index contributed by atoms with van der Waals surface area (Å²) in [5, 5.41) is 3.32. The second-order valence-corrected chi connectivity index (χ2v) is 14.2. The molecular formula is C54H36N2. The van der Waals surface area contributed by atoms with E-state index in [1.807, 2.05) is 6.07 Å². The van der Waals surface area contributed by atoms with Crippen molar-refractivity contribution in [1.29, 1.82) is 0 Å². The van der Waals surface area contributed by atoms with E-state index in [4.69, 9.17) is 9.97 Å². The molecule has 1 heterocycles. The zero-order chi connectivity index (χ0) is 37.3. The summed E-state index contributed by atoms with van der Waals surface area (Å²) in [6.07, 6.45) is 0. The molecule has 0 unspecified atom stereocenters. The highest BCUT2D eigenvalue weighted by atomic mass is 14.9. The molecule has 0 atom stereocenters. The predicted octanol–water partition coefficient (Wildman–Crippen LogP) is 14.5. The van der Waals surface area contributed by atoms with Crippen molar-refractivity contribution < 1.29 is 0 Å². The van der Waals surface area contributed by atoms with Gasteiger partial charge in [-0.2, -0.15) is 0 Å². The van der Waals surface area contributed by atoms with Crippen LogP contribution in [0.15, 0.2) is 218 Å². The lowest BCUT2D eigenvalue weighted by Crippen LogP contribution is -1.96. The van der Waals surface area contributed by atoms with Gasteiger partial charge >= 0.3 is 0 Å². The van der Waals surface area contributed by atoms with E-state index < -0.39 is 0 Å². The van der Waals surface area contributed by atoms with Gasteiger partial charge in [-0.15, -0.1) is 0 Å². The fraction of sp³-hybridized carbons (Fsp3) is 0. The Balaban J connectivity index is 0.991. The van der Waals surface area contributed by atoms with Crippen molar-refractivity contribution in [1.82, 2.24) is 9.97 Å². The zero-order valence-electron chi connectivity index (χ0n) is 30.7. The maximum Gasteiger partial charge on any atom is 0.160 e. The van der Waals surface area contributed by atoms with Crippen LogP contribution in [0.1, 0.15) is 0 Å². The van der Waals surface area contributed by atoms with Crippen molar-refractivity contribution in [2.24, 2.45) is 0 Å². The molecule has 0 N–H and O–H groups in total. The minimum Gasteiger partial charge on any atom is -0.227 e. The Kier molecular flexibility index (Phi) is 8.55. The fourth-order valence-electron chi connectivity index (χ4n) is 7.74. The van der Waals surface area contributed by atoms with Crippen LogP contribution in [0.3, 0.4) is 0 Å². The van der Waals surface area contributed by atoms with Crippen LogP contribution < -0.4 is 0 Å². The Morgan fingerprint density at radius 3 is 1.18 bits per heavy atom. The highest BCUT2D eigenvalue weighted by Gasteiger charge is 2.15. The van der Waals surface area contributed by atoms with E-state index in [0.717, 1.165) is 44.1 Å². The lowest BCUT2D eigenvalue weighted by atomic mass is 9.94. The summed E-state index contributed by atoms with van der Waals surface area (Å²) in [7, 11) is 0. The Labute approximate surface area is 327 Å². The maximum absolute atomic E-state index is 5.25. The molecule has 10 rings (SSSR count). The molecule has 0 bridgehead atoms. The third kappa shape index (κ3) is 6.44. The smallest absolute Gasteiger partial charge is 0.160 e. The molecule has 9 aromatic carbocycles. The molecule has 0 radical (unpaired) electrons. The van der Waals surface area contributed by atoms with Crippen LogP contribution in [0.4, 0.5) is 0 Å². The third-order valence-corrected chi connectivity index (χ3v) is 10.7. The van der Waals surface area contributed by atoms with Crippen LogP contribution in [0.5, 0.6) is 0 Å². The quantitative estimate of drug-likeness (QED) is 0.154. The molecule has 0 spiro atoms. The summed E-state index contributed by atoms with van der Waals surface area (Å²) >= 11 is 0. The topological polar surface area (TPSA) is 25.8 Å². The highest BCUT2D eigenvalue weighted by molar-refractivity contribution is 6.09. The van der Waals surface area contributed by atoms with Crippen molar-refractivity contribution in [3.63, 3.8) is 0 Å². The van der Waals surface area contributed by atoms with Gasteiger partial charge in [-0.25, -0.2) is 9.97 Å². The zero-order valence-corrected chi connectivity index (χ0v) is 30.7. The largest absolute Gasteiger partial charge is 0.227 e. The predicted molar refractivity (Wildman–Crippen MR) is 235 cm³/mol. The average molecular weight is 713 g/mol. The van der Waals surface area contributed by atoms with Gasteiger partial charge in [-0.3, -0.25) is 0 Å². The Morgan fingerprint density at radius 2 is 0.625 bits per heavy atom. The minimum absolute atomic E-state index is 0.717. The van der Waals surface area contributed by atoms with Gasteiger partial charge in [0.2, 0.25) is 0 Å². The molecule has 0 fully saturated rings. The first kappa shape index (κ1) is 33.2.